The molecule has 3 heterocycles. The molecule has 0 unspecified atom stereocenters. The quantitative estimate of drug-likeness (QED) is 0.144. The maximum atomic E-state index is 9.50. The SMILES string of the molecule is [2H]c1c(Oc2ccc3c4ccccc4n(-c4cc(C)c(-c5ccc(C(C)(C)C)cc5)cn4)c3c2)cc(N2CN(c3c(-c4ccc(C(C)(C)C)cc4)cccc3-c3cccc(-c4ccccc4)c3)c3ccccc32)c([2H])c1[2H]. The summed E-state index contributed by atoms with van der Waals surface area (Å²) in [6.07, 6.45) is 1.97. The summed E-state index contributed by atoms with van der Waals surface area (Å²) in [6, 6.07) is 69.5. The molecule has 5 nitrogen and oxygen atoms in total. The maximum absolute atomic E-state index is 9.50. The van der Waals surface area contributed by atoms with Gasteiger partial charge in [0.2, 0.25) is 0 Å². The number of anilines is 4. The lowest BCUT2D eigenvalue weighted by Crippen LogP contribution is -2.25. The van der Waals surface area contributed by atoms with Crippen LogP contribution >= 0.6 is 0 Å². The van der Waals surface area contributed by atoms with Crippen LogP contribution in [0.5, 0.6) is 11.5 Å². The van der Waals surface area contributed by atoms with Gasteiger partial charge in [0.05, 0.1) is 32.2 Å². The minimum absolute atomic E-state index is 0.00571. The molecule has 0 amide bonds. The second kappa shape index (κ2) is 18.4. The minimum Gasteiger partial charge on any atom is -0.457 e. The van der Waals surface area contributed by atoms with Gasteiger partial charge in [0.25, 0.3) is 0 Å². The second-order valence-corrected chi connectivity index (χ2v) is 21.5. The van der Waals surface area contributed by atoms with Gasteiger partial charge < -0.3 is 14.5 Å². The highest BCUT2D eigenvalue weighted by Crippen LogP contribution is 2.51. The number of hydrogen-bond donors (Lipinski definition) is 0. The van der Waals surface area contributed by atoms with E-state index in [0.29, 0.717) is 18.1 Å². The van der Waals surface area contributed by atoms with E-state index in [-0.39, 0.29) is 34.7 Å². The van der Waals surface area contributed by atoms with E-state index in [1.165, 1.54) is 11.1 Å². The Balaban J connectivity index is 0.939. The van der Waals surface area contributed by atoms with E-state index in [0.717, 1.165) is 94.8 Å². The fourth-order valence-electron chi connectivity index (χ4n) is 10.6. The fraction of sp³-hybridized carbons (Fsp3) is 0.145. The van der Waals surface area contributed by atoms with Crippen LogP contribution in [0.4, 0.5) is 22.7 Å². The van der Waals surface area contributed by atoms with E-state index in [1.807, 2.05) is 36.5 Å². The number of nitrogens with zero attached hydrogens (tertiary/aromatic N) is 4. The van der Waals surface area contributed by atoms with Crippen molar-refractivity contribution in [2.24, 2.45) is 0 Å². The first kappa shape index (κ1) is 43.0. The van der Waals surface area contributed by atoms with Gasteiger partial charge in [0.15, 0.2) is 0 Å². The van der Waals surface area contributed by atoms with Crippen LogP contribution in [-0.2, 0) is 10.8 Å². The average molecular weight is 964 g/mol. The zero-order chi connectivity index (χ0) is 53.3. The lowest BCUT2D eigenvalue weighted by Gasteiger charge is -2.28. The van der Waals surface area contributed by atoms with Crippen molar-refractivity contribution < 1.29 is 8.85 Å². The van der Waals surface area contributed by atoms with Gasteiger partial charge in [-0.1, -0.05) is 193 Å². The van der Waals surface area contributed by atoms with Crippen LogP contribution in [0.15, 0.2) is 225 Å². The molecule has 1 aliphatic rings. The zero-order valence-electron chi connectivity index (χ0n) is 46.0. The van der Waals surface area contributed by atoms with Gasteiger partial charge in [-0.15, -0.1) is 0 Å². The van der Waals surface area contributed by atoms with Gasteiger partial charge in [-0.05, 0) is 117 Å². The molecular formula is C69H60N4O. The summed E-state index contributed by atoms with van der Waals surface area (Å²) in [5.74, 6) is 1.47. The Morgan fingerprint density at radius 3 is 1.77 bits per heavy atom. The topological polar surface area (TPSA) is 33.5 Å². The predicted octanol–water partition coefficient (Wildman–Crippen LogP) is 18.8. The molecule has 0 aliphatic carbocycles. The van der Waals surface area contributed by atoms with Gasteiger partial charge in [0.1, 0.15) is 24.0 Å². The summed E-state index contributed by atoms with van der Waals surface area (Å²) in [7, 11) is 0. The number of pyridine rings is 1. The van der Waals surface area contributed by atoms with Gasteiger partial charge in [-0.3, -0.25) is 4.57 Å². The van der Waals surface area contributed by atoms with Gasteiger partial charge >= 0.3 is 0 Å². The lowest BCUT2D eigenvalue weighted by molar-refractivity contribution is 0.483. The molecule has 11 aromatic rings. The standard InChI is InChI=1S/C69H60N4O/c1-46-40-66(70-44-61(46)49-32-36-53(37-33-49)69(5,6)7)73-62-27-12-11-24-59(62)60-39-38-56(43-65(60)73)74-55-23-16-22-54(42-55)71-45-72(64-29-14-13-28-63(64)71)67-57(48-30-34-52(35-31-48)68(2,3)4)25-17-26-58(67)51-21-15-20-50(41-51)47-18-9-8-10-19-47/h8-44H,45H2,1-7H3/i16D,22D,23D. The number of aryl methyl sites for hydroxylation is 1. The normalized spacial score (nSPS) is 13.3. The van der Waals surface area contributed by atoms with E-state index in [4.69, 9.17) is 9.72 Å². The van der Waals surface area contributed by atoms with Crippen molar-refractivity contribution in [3.05, 3.63) is 241 Å². The summed E-state index contributed by atoms with van der Waals surface area (Å²) in [4.78, 5) is 9.51. The monoisotopic (exact) mass is 963 g/mol. The van der Waals surface area contributed by atoms with Crippen molar-refractivity contribution in [1.82, 2.24) is 9.55 Å². The molecule has 0 saturated heterocycles. The van der Waals surface area contributed by atoms with Crippen molar-refractivity contribution >= 4 is 44.6 Å². The van der Waals surface area contributed by atoms with E-state index < -0.39 is 0 Å². The number of hydrogen-bond acceptors (Lipinski definition) is 4. The Kier molecular flexibility index (Phi) is 10.7. The second-order valence-electron chi connectivity index (χ2n) is 21.5. The molecule has 9 aromatic carbocycles. The molecule has 2 aromatic heterocycles. The molecule has 0 atom stereocenters. The molecule has 0 N–H and O–H groups in total. The number of benzene rings is 9. The van der Waals surface area contributed by atoms with Crippen molar-refractivity contribution in [3.8, 4) is 61.8 Å². The molecule has 0 bridgehead atoms. The van der Waals surface area contributed by atoms with E-state index >= 15 is 0 Å². The van der Waals surface area contributed by atoms with Crippen LogP contribution < -0.4 is 14.5 Å². The minimum atomic E-state index is -0.214. The molecule has 12 rings (SSSR count). The fourth-order valence-corrected chi connectivity index (χ4v) is 10.6. The van der Waals surface area contributed by atoms with Crippen molar-refractivity contribution in [3.63, 3.8) is 0 Å². The average Bonchev–Trinajstić information content (AvgIpc) is 4.09. The zero-order valence-corrected chi connectivity index (χ0v) is 43.0. The highest BCUT2D eigenvalue weighted by Gasteiger charge is 2.32. The summed E-state index contributed by atoms with van der Waals surface area (Å²) >= 11 is 0. The van der Waals surface area contributed by atoms with E-state index in [9.17, 15) is 4.11 Å². The Bertz CT molecular complexity index is 4060. The molecule has 0 fully saturated rings. The molecule has 0 spiro atoms. The molecule has 362 valence electrons. The first-order chi connectivity index (χ1) is 37.1. The van der Waals surface area contributed by atoms with Gasteiger partial charge in [-0.2, -0.15) is 0 Å². The van der Waals surface area contributed by atoms with E-state index in [1.54, 1.807) is 6.07 Å². The summed E-state index contributed by atoms with van der Waals surface area (Å²) < 4.78 is 37.0. The highest BCUT2D eigenvalue weighted by atomic mass is 16.5. The molecular weight excluding hydrogens is 901 g/mol. The van der Waals surface area contributed by atoms with Crippen LogP contribution in [-0.4, -0.2) is 16.2 Å². The Morgan fingerprint density at radius 2 is 1.07 bits per heavy atom. The molecule has 1 aliphatic heterocycles. The molecule has 0 radical (unpaired) electrons. The third-order valence-corrected chi connectivity index (χ3v) is 14.6. The van der Waals surface area contributed by atoms with E-state index in [2.05, 4.69) is 227 Å². The summed E-state index contributed by atoms with van der Waals surface area (Å²) in [5.41, 5.74) is 17.7. The van der Waals surface area contributed by atoms with Crippen LogP contribution in [0.3, 0.4) is 0 Å². The largest absolute Gasteiger partial charge is 0.457 e. The van der Waals surface area contributed by atoms with Crippen LogP contribution in [0.25, 0.3) is 72.1 Å². The first-order valence-electron chi connectivity index (χ1n) is 27.0. The van der Waals surface area contributed by atoms with Crippen LogP contribution in [0.1, 0.15) is 62.3 Å². The number of ether oxygens (including phenoxy) is 1. The third kappa shape index (κ3) is 8.58. The number of para-hydroxylation sites is 4. The summed E-state index contributed by atoms with van der Waals surface area (Å²) in [5, 5.41) is 2.12. The smallest absolute Gasteiger partial charge is 0.137 e. The number of rotatable bonds is 9. The first-order valence-corrected chi connectivity index (χ1v) is 25.5. The lowest BCUT2D eigenvalue weighted by atomic mass is 9.85. The number of aromatic nitrogens is 2. The van der Waals surface area contributed by atoms with Crippen molar-refractivity contribution in [2.45, 2.75) is 59.3 Å². The highest BCUT2D eigenvalue weighted by molar-refractivity contribution is 6.09. The Morgan fingerprint density at radius 1 is 0.473 bits per heavy atom. The number of fused-ring (bicyclic) bond motifs is 4. The molecule has 5 heteroatoms. The Labute approximate surface area is 439 Å². The van der Waals surface area contributed by atoms with Crippen LogP contribution in [0.2, 0.25) is 0 Å². The van der Waals surface area contributed by atoms with Crippen LogP contribution in [0, 0.1) is 6.92 Å². The predicted molar refractivity (Wildman–Crippen MR) is 311 cm³/mol. The molecule has 0 saturated carbocycles. The summed E-state index contributed by atoms with van der Waals surface area (Å²) in [6.45, 7) is 15.9. The third-order valence-electron chi connectivity index (χ3n) is 14.6. The van der Waals surface area contributed by atoms with Crippen molar-refractivity contribution in [1.29, 1.82) is 0 Å². The molecule has 74 heavy (non-hydrogen) atoms. The Hall–Kier alpha value is -8.67. The van der Waals surface area contributed by atoms with Gasteiger partial charge in [0, 0.05) is 51.5 Å². The van der Waals surface area contributed by atoms with Gasteiger partial charge in [-0.25, -0.2) is 4.98 Å². The van der Waals surface area contributed by atoms with Crippen molar-refractivity contribution in [2.75, 3.05) is 16.5 Å². The maximum Gasteiger partial charge on any atom is 0.137 e.